The van der Waals surface area contributed by atoms with E-state index in [1.807, 2.05) is 6.92 Å². The summed E-state index contributed by atoms with van der Waals surface area (Å²) >= 11 is 0. The van der Waals surface area contributed by atoms with Crippen LogP contribution in [0, 0.1) is 5.92 Å². The van der Waals surface area contributed by atoms with Crippen molar-refractivity contribution in [2.45, 2.75) is 13.3 Å². The molecule has 0 spiro atoms. The van der Waals surface area contributed by atoms with Crippen molar-refractivity contribution in [1.82, 2.24) is 4.98 Å². The van der Waals surface area contributed by atoms with Gasteiger partial charge in [0.2, 0.25) is 0 Å². The zero-order chi connectivity index (χ0) is 12.4. The lowest BCUT2D eigenvalue weighted by molar-refractivity contribution is 0.0856. The minimum atomic E-state index is -0.543. The SMILES string of the molecule is CCC(CO)C(=O)c1ccc2oc(=O)[nH]c2c1. The molecule has 0 amide bonds. The van der Waals surface area contributed by atoms with E-state index in [0.29, 0.717) is 23.1 Å². The molecule has 1 aromatic carbocycles. The number of nitrogens with one attached hydrogen (secondary N) is 1. The van der Waals surface area contributed by atoms with Crippen LogP contribution >= 0.6 is 0 Å². The Balaban J connectivity index is 2.42. The molecule has 17 heavy (non-hydrogen) atoms. The van der Waals surface area contributed by atoms with Crippen molar-refractivity contribution < 1.29 is 14.3 Å². The Kier molecular flexibility index (Phi) is 3.10. The quantitative estimate of drug-likeness (QED) is 0.783. The first kappa shape index (κ1) is 11.6. The number of benzene rings is 1. The van der Waals surface area contributed by atoms with E-state index in [2.05, 4.69) is 4.98 Å². The zero-order valence-electron chi connectivity index (χ0n) is 9.40. The highest BCUT2D eigenvalue weighted by molar-refractivity contribution is 6.00. The lowest BCUT2D eigenvalue weighted by Crippen LogP contribution is -2.17. The molecule has 0 fully saturated rings. The Morgan fingerprint density at radius 3 is 2.94 bits per heavy atom. The van der Waals surface area contributed by atoms with Gasteiger partial charge in [-0.15, -0.1) is 0 Å². The van der Waals surface area contributed by atoms with Gasteiger partial charge in [0.1, 0.15) is 0 Å². The molecule has 0 saturated heterocycles. The normalized spacial score (nSPS) is 12.8. The van der Waals surface area contributed by atoms with Crippen molar-refractivity contribution in [3.05, 3.63) is 34.3 Å². The minimum Gasteiger partial charge on any atom is -0.408 e. The summed E-state index contributed by atoms with van der Waals surface area (Å²) in [5.41, 5.74) is 1.38. The fraction of sp³-hybridized carbons (Fsp3) is 0.333. The molecule has 5 nitrogen and oxygen atoms in total. The molecule has 1 atom stereocenters. The standard InChI is InChI=1S/C12H13NO4/c1-2-7(6-14)11(15)8-3-4-10-9(5-8)13-12(16)17-10/h3-5,7,14H,2,6H2,1H3,(H,13,16). The molecule has 0 aliphatic rings. The maximum atomic E-state index is 12.0. The number of aromatic amines is 1. The number of carbonyl (C=O) groups is 1. The molecule has 0 aliphatic heterocycles. The summed E-state index contributed by atoms with van der Waals surface area (Å²) in [6, 6.07) is 4.74. The van der Waals surface area contributed by atoms with Crippen LogP contribution in [-0.4, -0.2) is 22.5 Å². The van der Waals surface area contributed by atoms with E-state index in [-0.39, 0.29) is 12.4 Å². The average molecular weight is 235 g/mol. The summed E-state index contributed by atoms with van der Waals surface area (Å²) in [7, 11) is 0. The molecular weight excluding hydrogens is 222 g/mol. The van der Waals surface area contributed by atoms with Gasteiger partial charge in [-0.3, -0.25) is 9.78 Å². The molecule has 1 aromatic heterocycles. The number of ketones is 1. The van der Waals surface area contributed by atoms with Crippen LogP contribution in [0.1, 0.15) is 23.7 Å². The molecule has 0 aliphatic carbocycles. The van der Waals surface area contributed by atoms with E-state index in [4.69, 9.17) is 9.52 Å². The first-order valence-corrected chi connectivity index (χ1v) is 5.43. The number of aliphatic hydroxyl groups excluding tert-OH is 1. The number of aliphatic hydroxyl groups is 1. The first-order valence-electron chi connectivity index (χ1n) is 5.43. The minimum absolute atomic E-state index is 0.126. The predicted octanol–water partition coefficient (Wildman–Crippen LogP) is 1.32. The van der Waals surface area contributed by atoms with Crippen LogP contribution in [0.4, 0.5) is 0 Å². The van der Waals surface area contributed by atoms with E-state index >= 15 is 0 Å². The van der Waals surface area contributed by atoms with Crippen LogP contribution in [0.25, 0.3) is 11.1 Å². The molecule has 0 saturated carbocycles. The van der Waals surface area contributed by atoms with Crippen LogP contribution in [0.5, 0.6) is 0 Å². The van der Waals surface area contributed by atoms with Crippen molar-refractivity contribution >= 4 is 16.9 Å². The Bertz CT molecular complexity index is 592. The number of fused-ring (bicyclic) bond motifs is 1. The van der Waals surface area contributed by atoms with E-state index in [9.17, 15) is 9.59 Å². The van der Waals surface area contributed by atoms with E-state index in [0.717, 1.165) is 0 Å². The summed E-state index contributed by atoms with van der Waals surface area (Å²) in [6.45, 7) is 1.67. The smallest absolute Gasteiger partial charge is 0.408 e. The summed E-state index contributed by atoms with van der Waals surface area (Å²) in [6.07, 6.45) is 0.579. The number of rotatable bonds is 4. The third-order valence-electron chi connectivity index (χ3n) is 2.79. The number of aromatic nitrogens is 1. The number of H-pyrrole nitrogens is 1. The Morgan fingerprint density at radius 1 is 1.53 bits per heavy atom. The van der Waals surface area contributed by atoms with Gasteiger partial charge in [0, 0.05) is 11.5 Å². The molecule has 1 unspecified atom stereocenters. The van der Waals surface area contributed by atoms with Gasteiger partial charge in [0.25, 0.3) is 0 Å². The fourth-order valence-electron chi connectivity index (χ4n) is 1.74. The van der Waals surface area contributed by atoms with Gasteiger partial charge >= 0.3 is 5.76 Å². The second kappa shape index (κ2) is 4.55. The van der Waals surface area contributed by atoms with Gasteiger partial charge < -0.3 is 9.52 Å². The number of carbonyl (C=O) groups excluding carboxylic acids is 1. The molecule has 1 heterocycles. The van der Waals surface area contributed by atoms with Crippen LogP contribution in [0.3, 0.4) is 0 Å². The summed E-state index contributed by atoms with van der Waals surface area (Å²) < 4.78 is 4.84. The highest BCUT2D eigenvalue weighted by Crippen LogP contribution is 2.17. The van der Waals surface area contributed by atoms with Crippen molar-refractivity contribution in [2.75, 3.05) is 6.61 Å². The maximum absolute atomic E-state index is 12.0. The van der Waals surface area contributed by atoms with Crippen LogP contribution in [-0.2, 0) is 0 Å². The number of hydrogen-bond acceptors (Lipinski definition) is 4. The molecule has 2 rings (SSSR count). The molecule has 5 heteroatoms. The predicted molar refractivity (Wildman–Crippen MR) is 62.0 cm³/mol. The Labute approximate surface area is 97.1 Å². The van der Waals surface area contributed by atoms with Crippen molar-refractivity contribution in [3.63, 3.8) is 0 Å². The van der Waals surface area contributed by atoms with E-state index in [1.54, 1.807) is 18.2 Å². The largest absolute Gasteiger partial charge is 0.417 e. The third-order valence-corrected chi connectivity index (χ3v) is 2.79. The van der Waals surface area contributed by atoms with Crippen molar-refractivity contribution in [1.29, 1.82) is 0 Å². The molecule has 90 valence electrons. The molecule has 2 N–H and O–H groups in total. The van der Waals surface area contributed by atoms with Crippen molar-refractivity contribution in [3.8, 4) is 0 Å². The number of Topliss-reactive ketones (excluding diaryl/α,β-unsaturated/α-hetero) is 1. The maximum Gasteiger partial charge on any atom is 0.417 e. The van der Waals surface area contributed by atoms with Gasteiger partial charge in [-0.2, -0.15) is 0 Å². The fourth-order valence-corrected chi connectivity index (χ4v) is 1.74. The monoisotopic (exact) mass is 235 g/mol. The highest BCUT2D eigenvalue weighted by Gasteiger charge is 2.18. The molecular formula is C12H13NO4. The number of hydrogen-bond donors (Lipinski definition) is 2. The Hall–Kier alpha value is -1.88. The van der Waals surface area contributed by atoms with Crippen LogP contribution < -0.4 is 5.76 Å². The van der Waals surface area contributed by atoms with Gasteiger partial charge in [-0.1, -0.05) is 6.92 Å². The summed E-state index contributed by atoms with van der Waals surface area (Å²) in [5.74, 6) is -1.07. The number of oxazole rings is 1. The zero-order valence-corrected chi connectivity index (χ0v) is 9.40. The van der Waals surface area contributed by atoms with Gasteiger partial charge in [-0.25, -0.2) is 4.79 Å². The van der Waals surface area contributed by atoms with E-state index < -0.39 is 11.7 Å². The Morgan fingerprint density at radius 2 is 2.29 bits per heavy atom. The second-order valence-corrected chi connectivity index (χ2v) is 3.88. The third kappa shape index (κ3) is 2.14. The van der Waals surface area contributed by atoms with Crippen LogP contribution in [0.2, 0.25) is 0 Å². The van der Waals surface area contributed by atoms with Gasteiger partial charge in [-0.05, 0) is 24.6 Å². The van der Waals surface area contributed by atoms with Gasteiger partial charge in [0.05, 0.1) is 12.1 Å². The average Bonchev–Trinajstić information content (AvgIpc) is 2.69. The lowest BCUT2D eigenvalue weighted by Gasteiger charge is -2.09. The molecule has 2 aromatic rings. The topological polar surface area (TPSA) is 83.3 Å². The summed E-state index contributed by atoms with van der Waals surface area (Å²) in [4.78, 5) is 25.4. The van der Waals surface area contributed by atoms with Crippen LogP contribution in [0.15, 0.2) is 27.4 Å². The lowest BCUT2D eigenvalue weighted by atomic mass is 9.96. The van der Waals surface area contributed by atoms with Crippen molar-refractivity contribution in [2.24, 2.45) is 5.92 Å². The second-order valence-electron chi connectivity index (χ2n) is 3.88. The molecule has 0 radical (unpaired) electrons. The van der Waals surface area contributed by atoms with Gasteiger partial charge in [0.15, 0.2) is 11.4 Å². The first-order chi connectivity index (χ1) is 8.15. The summed E-state index contributed by atoms with van der Waals surface area (Å²) in [5, 5.41) is 9.08. The highest BCUT2D eigenvalue weighted by atomic mass is 16.4. The molecule has 0 bridgehead atoms. The van der Waals surface area contributed by atoms with E-state index in [1.165, 1.54) is 0 Å².